The number of amides is 5. The summed E-state index contributed by atoms with van der Waals surface area (Å²) in [6.45, 7) is 7.14. The number of alkyl carbamates (subject to hydrolysis) is 1. The van der Waals surface area contributed by atoms with E-state index in [4.69, 9.17) is 9.47 Å². The first-order chi connectivity index (χ1) is 23.8. The van der Waals surface area contributed by atoms with Crippen LogP contribution < -0.4 is 16.0 Å². The molecule has 6 atom stereocenters. The number of ether oxygens (including phenoxy) is 2. The number of rotatable bonds is 6. The highest BCUT2D eigenvalue weighted by molar-refractivity contribution is 6.00. The van der Waals surface area contributed by atoms with Gasteiger partial charge in [-0.15, -0.1) is 0 Å². The molecule has 1 aromatic carbocycles. The predicted octanol–water partition coefficient (Wildman–Crippen LogP) is 3.11. The van der Waals surface area contributed by atoms with Crippen LogP contribution in [0.25, 0.3) is 0 Å². The highest BCUT2D eigenvalue weighted by atomic mass is 16.6. The van der Waals surface area contributed by atoms with Gasteiger partial charge in [0.25, 0.3) is 0 Å². The topological polar surface area (TPSA) is 163 Å². The average molecular weight is 694 g/mol. The minimum absolute atomic E-state index is 0.0370. The van der Waals surface area contributed by atoms with Crippen molar-refractivity contribution in [3.05, 3.63) is 48.0 Å². The van der Waals surface area contributed by atoms with Gasteiger partial charge in [-0.05, 0) is 64.9 Å². The van der Waals surface area contributed by atoms with Gasteiger partial charge in [-0.2, -0.15) is 0 Å². The number of esters is 1. The number of nitrogens with zero attached hydrogens (tertiary/aromatic N) is 2. The SMILES string of the molecule is CC(=O)O[C@@H]1C[C@H]2C(=O)N[C@]3(C(=O)N4CCC[C@H]4C(=O)NCc4ccccc4)C[C@H]3C=CCCCCC[C@H](NC(=O)OC(C)(C)C)C(=O)N2C1. The van der Waals surface area contributed by atoms with Gasteiger partial charge in [0.2, 0.25) is 23.6 Å². The van der Waals surface area contributed by atoms with Crippen molar-refractivity contribution < 1.29 is 38.2 Å². The minimum Gasteiger partial charge on any atom is -0.461 e. The fourth-order valence-corrected chi connectivity index (χ4v) is 7.27. The second-order valence-electron chi connectivity index (χ2n) is 14.9. The van der Waals surface area contributed by atoms with E-state index in [1.807, 2.05) is 42.5 Å². The maximum atomic E-state index is 14.4. The third-order valence-corrected chi connectivity index (χ3v) is 9.77. The number of benzene rings is 1. The Bertz CT molecular complexity index is 1480. The Kier molecular flexibility index (Phi) is 11.5. The Balaban J connectivity index is 1.38. The molecule has 2 saturated heterocycles. The minimum atomic E-state index is -1.28. The number of allylic oxidation sites excluding steroid dienone is 1. The summed E-state index contributed by atoms with van der Waals surface area (Å²) in [5.41, 5.74) is -1.12. The summed E-state index contributed by atoms with van der Waals surface area (Å²) < 4.78 is 10.9. The zero-order valence-electron chi connectivity index (χ0n) is 29.6. The molecule has 3 N–H and O–H groups in total. The van der Waals surface area contributed by atoms with E-state index in [9.17, 15) is 28.8 Å². The van der Waals surface area contributed by atoms with E-state index >= 15 is 0 Å². The standard InChI is InChI=1S/C37H51N5O8/c1-24(43)49-27-20-30-32(45)40-37(34(47)41-19-13-18-29(41)31(44)38-22-25-14-9-8-10-15-25)21-26(37)16-11-6-5-7-12-17-28(33(46)42(30)23-27)39-35(48)50-36(2,3)4/h8-11,14-16,26-30H,5-7,12-13,17-23H2,1-4H3,(H,38,44)(H,39,48)(H,40,45)/t26-,27-,28+,29+,30+,37-/m1/s1. The monoisotopic (exact) mass is 693 g/mol. The highest BCUT2D eigenvalue weighted by Gasteiger charge is 2.63. The molecule has 0 bridgehead atoms. The molecular formula is C37H51N5O8. The Morgan fingerprint density at radius 3 is 2.50 bits per heavy atom. The summed E-state index contributed by atoms with van der Waals surface area (Å²) in [5.74, 6) is -2.42. The summed E-state index contributed by atoms with van der Waals surface area (Å²) in [6, 6.07) is 6.84. The van der Waals surface area contributed by atoms with Gasteiger partial charge in [-0.25, -0.2) is 4.79 Å². The Labute approximate surface area is 293 Å². The van der Waals surface area contributed by atoms with Crippen LogP contribution in [0.15, 0.2) is 42.5 Å². The first-order valence-corrected chi connectivity index (χ1v) is 17.9. The van der Waals surface area contributed by atoms with Crippen molar-refractivity contribution in [2.75, 3.05) is 13.1 Å². The molecule has 3 heterocycles. The molecule has 5 amide bonds. The van der Waals surface area contributed by atoms with Crippen LogP contribution in [0.1, 0.15) is 91.0 Å². The van der Waals surface area contributed by atoms with Gasteiger partial charge in [-0.1, -0.05) is 55.3 Å². The maximum Gasteiger partial charge on any atom is 0.408 e. The largest absolute Gasteiger partial charge is 0.461 e. The average Bonchev–Trinajstić information content (AvgIpc) is 3.35. The lowest BCUT2D eigenvalue weighted by Gasteiger charge is -2.32. The van der Waals surface area contributed by atoms with Crippen LogP contribution in [0.5, 0.6) is 0 Å². The predicted molar refractivity (Wildman–Crippen MR) is 183 cm³/mol. The normalized spacial score (nSPS) is 28.7. The maximum absolute atomic E-state index is 14.4. The van der Waals surface area contributed by atoms with Gasteiger partial charge in [-0.3, -0.25) is 24.0 Å². The van der Waals surface area contributed by atoms with E-state index in [-0.39, 0.29) is 30.7 Å². The van der Waals surface area contributed by atoms with Gasteiger partial charge >= 0.3 is 12.1 Å². The van der Waals surface area contributed by atoms with Gasteiger partial charge in [0.05, 0.1) is 6.54 Å². The third kappa shape index (κ3) is 9.02. The highest BCUT2D eigenvalue weighted by Crippen LogP contribution is 2.47. The molecule has 0 unspecified atom stereocenters. The molecule has 5 rings (SSSR count). The van der Waals surface area contributed by atoms with Crippen molar-refractivity contribution in [1.29, 1.82) is 0 Å². The lowest BCUT2D eigenvalue weighted by atomic mass is 10.0. The van der Waals surface area contributed by atoms with Crippen molar-refractivity contribution in [3.8, 4) is 0 Å². The zero-order valence-corrected chi connectivity index (χ0v) is 29.6. The first-order valence-electron chi connectivity index (χ1n) is 17.9. The number of likely N-dealkylation sites (tertiary alicyclic amines) is 1. The molecule has 13 nitrogen and oxygen atoms in total. The Morgan fingerprint density at radius 2 is 1.78 bits per heavy atom. The Hall–Kier alpha value is -4.42. The van der Waals surface area contributed by atoms with Crippen molar-refractivity contribution in [2.24, 2.45) is 5.92 Å². The lowest BCUT2D eigenvalue weighted by Crippen LogP contribution is -2.59. The molecule has 1 aliphatic carbocycles. The van der Waals surface area contributed by atoms with Crippen LogP contribution >= 0.6 is 0 Å². The molecule has 3 aliphatic heterocycles. The van der Waals surface area contributed by atoms with E-state index in [0.717, 1.165) is 24.8 Å². The van der Waals surface area contributed by atoms with Crippen LogP contribution in [0.4, 0.5) is 4.79 Å². The van der Waals surface area contributed by atoms with E-state index in [1.165, 1.54) is 11.8 Å². The number of hydrogen-bond acceptors (Lipinski definition) is 8. The zero-order chi connectivity index (χ0) is 36.1. The van der Waals surface area contributed by atoms with E-state index in [0.29, 0.717) is 45.2 Å². The smallest absolute Gasteiger partial charge is 0.408 e. The van der Waals surface area contributed by atoms with Crippen molar-refractivity contribution in [2.45, 2.75) is 127 Å². The Morgan fingerprint density at radius 1 is 1.02 bits per heavy atom. The summed E-state index contributed by atoms with van der Waals surface area (Å²) in [4.78, 5) is 83.8. The molecule has 1 aromatic rings. The van der Waals surface area contributed by atoms with Gasteiger partial charge in [0.1, 0.15) is 35.4 Å². The molecule has 1 saturated carbocycles. The van der Waals surface area contributed by atoms with Crippen LogP contribution in [0.3, 0.4) is 0 Å². The molecule has 13 heteroatoms. The summed E-state index contributed by atoms with van der Waals surface area (Å²) in [5, 5.41) is 8.70. The molecule has 0 spiro atoms. The van der Waals surface area contributed by atoms with Crippen LogP contribution in [0.2, 0.25) is 0 Å². The lowest BCUT2D eigenvalue weighted by molar-refractivity contribution is -0.147. The quantitative estimate of drug-likeness (QED) is 0.302. The van der Waals surface area contributed by atoms with E-state index in [2.05, 4.69) is 16.0 Å². The number of nitrogens with one attached hydrogen (secondary N) is 3. The van der Waals surface area contributed by atoms with Crippen molar-refractivity contribution >= 4 is 35.7 Å². The molecular weight excluding hydrogens is 642 g/mol. The van der Waals surface area contributed by atoms with Crippen molar-refractivity contribution in [3.63, 3.8) is 0 Å². The van der Waals surface area contributed by atoms with Gasteiger partial charge < -0.3 is 35.2 Å². The number of hydrogen-bond donors (Lipinski definition) is 3. The molecule has 3 fully saturated rings. The third-order valence-electron chi connectivity index (χ3n) is 9.77. The number of fused-ring (bicyclic) bond motifs is 2. The summed E-state index contributed by atoms with van der Waals surface area (Å²) in [7, 11) is 0. The second kappa shape index (κ2) is 15.6. The summed E-state index contributed by atoms with van der Waals surface area (Å²) in [6.07, 6.45) is 7.44. The first kappa shape index (κ1) is 36.9. The molecule has 0 aromatic heterocycles. The fraction of sp³-hybridized carbons (Fsp3) is 0.622. The molecule has 272 valence electrons. The number of carbonyl (C=O) groups excluding carboxylic acids is 6. The van der Waals surface area contributed by atoms with E-state index in [1.54, 1.807) is 25.7 Å². The summed E-state index contributed by atoms with van der Waals surface area (Å²) >= 11 is 0. The van der Waals surface area contributed by atoms with Crippen LogP contribution in [0, 0.1) is 5.92 Å². The second-order valence-corrected chi connectivity index (χ2v) is 14.9. The molecule has 4 aliphatic rings. The van der Waals surface area contributed by atoms with Crippen molar-refractivity contribution in [1.82, 2.24) is 25.8 Å². The molecule has 0 radical (unpaired) electrons. The van der Waals surface area contributed by atoms with E-state index < -0.39 is 59.2 Å². The van der Waals surface area contributed by atoms with Crippen LogP contribution in [-0.2, 0) is 40.0 Å². The fourth-order valence-electron chi connectivity index (χ4n) is 7.27. The van der Waals surface area contributed by atoms with Gasteiger partial charge in [0.15, 0.2) is 0 Å². The van der Waals surface area contributed by atoms with Gasteiger partial charge in [0, 0.05) is 32.4 Å². The molecule has 50 heavy (non-hydrogen) atoms. The number of carbonyl (C=O) groups is 6. The van der Waals surface area contributed by atoms with Crippen LogP contribution in [-0.4, -0.2) is 94.0 Å².